The van der Waals surface area contributed by atoms with Gasteiger partial charge in [-0.05, 0) is 44.0 Å². The van der Waals surface area contributed by atoms with Crippen molar-refractivity contribution < 1.29 is 30.0 Å². The molecule has 2 unspecified atom stereocenters. The first-order chi connectivity index (χ1) is 15.2. The van der Waals surface area contributed by atoms with Gasteiger partial charge in [0.2, 0.25) is 0 Å². The minimum absolute atomic E-state index is 0.835. The highest BCUT2D eigenvalue weighted by Gasteiger charge is 2.38. The molecular formula is C23H29N3O6. The number of likely N-dealkylation sites (tertiary alicyclic amines) is 1. The fourth-order valence-electron chi connectivity index (χ4n) is 4.26. The summed E-state index contributed by atoms with van der Waals surface area (Å²) < 4.78 is 0. The zero-order valence-electron chi connectivity index (χ0n) is 18.1. The number of aryl methyl sites for hydroxylation is 1. The number of aliphatic hydroxyl groups excluding tert-OH is 2. The molecule has 172 valence electrons. The second-order valence-corrected chi connectivity index (χ2v) is 8.48. The van der Waals surface area contributed by atoms with Gasteiger partial charge in [-0.3, -0.25) is 4.98 Å². The standard InChI is InChI=1S/C19H23N3.C4H6O6/c1-14-4-3-5-15(8-14)19-7-6-18(9-20-19)22-12-16-10-21(2)11-17(16)13-22;5-1(3(7)8)2(6)4(9)10/h3-9,16-17H,10-13H2,1-2H3;1-2,5-6H,(H,7,8)(H,9,10)/t16-,17+;. The number of hydrogen-bond donors (Lipinski definition) is 4. The van der Waals surface area contributed by atoms with Gasteiger partial charge in [0.1, 0.15) is 0 Å². The van der Waals surface area contributed by atoms with Crippen molar-refractivity contribution >= 4 is 17.6 Å². The molecular weight excluding hydrogens is 414 g/mol. The molecule has 4 rings (SSSR count). The van der Waals surface area contributed by atoms with Gasteiger partial charge in [0, 0.05) is 31.7 Å². The minimum Gasteiger partial charge on any atom is -0.479 e. The molecule has 1 aromatic heterocycles. The molecule has 2 aromatic rings. The SMILES string of the molecule is Cc1cccc(-c2ccc(N3C[C@H]4CN(C)C[C@H]4C3)cn2)c1.O=C(O)C(O)C(O)C(=O)O. The van der Waals surface area contributed by atoms with E-state index in [1.54, 1.807) is 0 Å². The van der Waals surface area contributed by atoms with Gasteiger partial charge in [-0.25, -0.2) is 9.59 Å². The summed E-state index contributed by atoms with van der Waals surface area (Å²) in [4.78, 5) is 29.2. The predicted octanol–water partition coefficient (Wildman–Crippen LogP) is 0.932. The number of benzene rings is 1. The van der Waals surface area contributed by atoms with Crippen molar-refractivity contribution in [2.24, 2.45) is 11.8 Å². The van der Waals surface area contributed by atoms with Gasteiger partial charge in [0.05, 0.1) is 17.6 Å². The molecule has 4 atom stereocenters. The molecule has 9 nitrogen and oxygen atoms in total. The Balaban J connectivity index is 0.000000247. The second kappa shape index (κ2) is 10.1. The van der Waals surface area contributed by atoms with Crippen molar-refractivity contribution in [1.82, 2.24) is 9.88 Å². The van der Waals surface area contributed by atoms with Crippen LogP contribution < -0.4 is 4.90 Å². The van der Waals surface area contributed by atoms with E-state index >= 15 is 0 Å². The van der Waals surface area contributed by atoms with E-state index in [2.05, 4.69) is 60.2 Å². The number of nitrogens with zero attached hydrogens (tertiary/aromatic N) is 3. The summed E-state index contributed by atoms with van der Waals surface area (Å²) >= 11 is 0. The summed E-state index contributed by atoms with van der Waals surface area (Å²) in [6.07, 6.45) is -2.49. The first-order valence-corrected chi connectivity index (χ1v) is 10.4. The number of anilines is 1. The normalized spacial score (nSPS) is 21.9. The van der Waals surface area contributed by atoms with Crippen LogP contribution in [0.3, 0.4) is 0 Å². The average Bonchev–Trinajstić information content (AvgIpc) is 3.30. The Bertz CT molecular complexity index is 919. The van der Waals surface area contributed by atoms with E-state index in [0.29, 0.717) is 0 Å². The summed E-state index contributed by atoms with van der Waals surface area (Å²) in [5.74, 6) is -1.87. The average molecular weight is 444 g/mol. The van der Waals surface area contributed by atoms with Gasteiger partial charge >= 0.3 is 11.9 Å². The number of hydrogen-bond acceptors (Lipinski definition) is 7. The fourth-order valence-corrected chi connectivity index (χ4v) is 4.26. The van der Waals surface area contributed by atoms with E-state index < -0.39 is 24.1 Å². The topological polar surface area (TPSA) is 134 Å². The van der Waals surface area contributed by atoms with Gasteiger partial charge in [-0.15, -0.1) is 0 Å². The van der Waals surface area contributed by atoms with E-state index in [1.165, 1.54) is 43.0 Å². The number of rotatable bonds is 5. The summed E-state index contributed by atoms with van der Waals surface area (Å²) in [7, 11) is 2.24. The van der Waals surface area contributed by atoms with E-state index in [4.69, 9.17) is 25.4 Å². The lowest BCUT2D eigenvalue weighted by Gasteiger charge is -2.21. The molecule has 9 heteroatoms. The zero-order chi connectivity index (χ0) is 23.4. The molecule has 0 aliphatic carbocycles. The van der Waals surface area contributed by atoms with Gasteiger partial charge < -0.3 is 30.2 Å². The summed E-state index contributed by atoms with van der Waals surface area (Å²) in [5.41, 5.74) is 4.81. The Morgan fingerprint density at radius 2 is 1.56 bits per heavy atom. The van der Waals surface area contributed by atoms with Gasteiger partial charge in [-0.2, -0.15) is 0 Å². The molecule has 0 saturated carbocycles. The highest BCUT2D eigenvalue weighted by atomic mass is 16.4. The van der Waals surface area contributed by atoms with E-state index in [0.717, 1.165) is 17.5 Å². The lowest BCUT2D eigenvalue weighted by atomic mass is 10.0. The first kappa shape index (κ1) is 23.6. The Hall–Kier alpha value is -3.01. The third-order valence-electron chi connectivity index (χ3n) is 5.90. The van der Waals surface area contributed by atoms with Gasteiger partial charge in [0.15, 0.2) is 12.2 Å². The maximum Gasteiger partial charge on any atom is 0.335 e. The van der Waals surface area contributed by atoms with E-state index in [1.807, 2.05) is 6.20 Å². The third-order valence-corrected chi connectivity index (χ3v) is 5.90. The monoisotopic (exact) mass is 443 g/mol. The van der Waals surface area contributed by atoms with Crippen LogP contribution in [-0.4, -0.2) is 87.7 Å². The lowest BCUT2D eigenvalue weighted by Crippen LogP contribution is -2.39. The molecule has 0 spiro atoms. The van der Waals surface area contributed by atoms with Crippen LogP contribution >= 0.6 is 0 Å². The zero-order valence-corrected chi connectivity index (χ0v) is 18.1. The molecule has 2 aliphatic rings. The molecule has 0 amide bonds. The molecule has 1 aromatic carbocycles. The summed E-state index contributed by atoms with van der Waals surface area (Å²) in [6, 6.07) is 12.9. The highest BCUT2D eigenvalue weighted by molar-refractivity contribution is 5.83. The van der Waals surface area contributed by atoms with Gasteiger partial charge in [0.25, 0.3) is 0 Å². The lowest BCUT2D eigenvalue weighted by molar-refractivity contribution is -0.165. The number of aliphatic carboxylic acids is 2. The van der Waals surface area contributed by atoms with Crippen molar-refractivity contribution in [2.45, 2.75) is 19.1 Å². The number of aromatic nitrogens is 1. The maximum absolute atomic E-state index is 9.77. The van der Waals surface area contributed by atoms with E-state index in [9.17, 15) is 9.59 Å². The van der Waals surface area contributed by atoms with Crippen LogP contribution in [0.5, 0.6) is 0 Å². The van der Waals surface area contributed by atoms with Crippen LogP contribution in [0.2, 0.25) is 0 Å². The van der Waals surface area contributed by atoms with Crippen LogP contribution in [0.15, 0.2) is 42.6 Å². The number of carbonyl (C=O) groups is 2. The summed E-state index contributed by atoms with van der Waals surface area (Å²) in [5, 5.41) is 32.5. The summed E-state index contributed by atoms with van der Waals surface area (Å²) in [6.45, 7) is 6.98. The molecule has 2 saturated heterocycles. The van der Waals surface area contributed by atoms with Crippen LogP contribution in [0.4, 0.5) is 5.69 Å². The molecule has 2 aliphatic heterocycles. The van der Waals surface area contributed by atoms with E-state index in [-0.39, 0.29) is 0 Å². The Morgan fingerprint density at radius 3 is 2.03 bits per heavy atom. The Kier molecular flexibility index (Phi) is 7.44. The largest absolute Gasteiger partial charge is 0.479 e. The highest BCUT2D eigenvalue weighted by Crippen LogP contribution is 2.33. The smallest absolute Gasteiger partial charge is 0.335 e. The predicted molar refractivity (Wildman–Crippen MR) is 118 cm³/mol. The third kappa shape index (κ3) is 5.61. The van der Waals surface area contributed by atoms with Crippen molar-refractivity contribution in [1.29, 1.82) is 0 Å². The maximum atomic E-state index is 9.77. The molecule has 0 radical (unpaired) electrons. The Labute approximate surface area is 186 Å². The van der Waals surface area contributed by atoms with Crippen molar-refractivity contribution in [3.63, 3.8) is 0 Å². The molecule has 2 fully saturated rings. The number of carboxylic acids is 2. The van der Waals surface area contributed by atoms with Crippen LogP contribution in [-0.2, 0) is 9.59 Å². The first-order valence-electron chi connectivity index (χ1n) is 10.4. The fraction of sp³-hybridized carbons (Fsp3) is 0.435. The second-order valence-electron chi connectivity index (χ2n) is 8.48. The molecule has 4 N–H and O–H groups in total. The van der Waals surface area contributed by atoms with Crippen LogP contribution in [0, 0.1) is 18.8 Å². The number of pyridine rings is 1. The number of fused-ring (bicyclic) bond motifs is 1. The van der Waals surface area contributed by atoms with Crippen LogP contribution in [0.25, 0.3) is 11.3 Å². The Morgan fingerprint density at radius 1 is 0.969 bits per heavy atom. The molecule has 0 bridgehead atoms. The van der Waals surface area contributed by atoms with Crippen molar-refractivity contribution in [3.8, 4) is 11.3 Å². The molecule has 3 heterocycles. The molecule has 32 heavy (non-hydrogen) atoms. The number of carboxylic acid groups (broad SMARTS) is 2. The number of aliphatic hydroxyl groups is 2. The van der Waals surface area contributed by atoms with Crippen LogP contribution in [0.1, 0.15) is 5.56 Å². The minimum atomic E-state index is -2.27. The van der Waals surface area contributed by atoms with Crippen molar-refractivity contribution in [3.05, 3.63) is 48.2 Å². The quantitative estimate of drug-likeness (QED) is 0.532. The van der Waals surface area contributed by atoms with Gasteiger partial charge in [-0.1, -0.05) is 23.8 Å². The van der Waals surface area contributed by atoms with Crippen molar-refractivity contribution in [2.75, 3.05) is 38.1 Å².